The summed E-state index contributed by atoms with van der Waals surface area (Å²) in [7, 11) is 0. The van der Waals surface area contributed by atoms with Crippen LogP contribution in [0.4, 0.5) is 5.69 Å². The number of anilines is 1. The Kier molecular flexibility index (Phi) is 3.99. The highest BCUT2D eigenvalue weighted by Gasteiger charge is 2.31. The number of aliphatic hydroxyl groups excluding tert-OH is 1. The summed E-state index contributed by atoms with van der Waals surface area (Å²) >= 11 is 6.12. The first-order valence-corrected chi connectivity index (χ1v) is 7.80. The van der Waals surface area contributed by atoms with E-state index in [4.69, 9.17) is 11.6 Å². The van der Waals surface area contributed by atoms with Crippen molar-refractivity contribution >= 4 is 17.3 Å². The Morgan fingerprint density at radius 2 is 1.95 bits per heavy atom. The predicted molar refractivity (Wildman–Crippen MR) is 79.7 cm³/mol. The van der Waals surface area contributed by atoms with E-state index in [1.807, 2.05) is 18.2 Å². The third-order valence-corrected chi connectivity index (χ3v) is 5.08. The molecule has 3 heteroatoms. The van der Waals surface area contributed by atoms with Gasteiger partial charge in [-0.3, -0.25) is 0 Å². The van der Waals surface area contributed by atoms with Gasteiger partial charge in [0.15, 0.2) is 0 Å². The van der Waals surface area contributed by atoms with Gasteiger partial charge in [0, 0.05) is 29.4 Å². The van der Waals surface area contributed by atoms with Gasteiger partial charge >= 0.3 is 0 Å². The molecule has 1 N–H and O–H groups in total. The molecule has 19 heavy (non-hydrogen) atoms. The Morgan fingerprint density at radius 3 is 2.74 bits per heavy atom. The molecule has 2 unspecified atom stereocenters. The molecule has 104 valence electrons. The average Bonchev–Trinajstić information content (AvgIpc) is 2.46. The van der Waals surface area contributed by atoms with Crippen LogP contribution in [-0.2, 0) is 6.61 Å². The Morgan fingerprint density at radius 1 is 1.16 bits per heavy atom. The lowest BCUT2D eigenvalue weighted by Crippen LogP contribution is -2.42. The summed E-state index contributed by atoms with van der Waals surface area (Å²) in [6.45, 7) is 2.34. The van der Waals surface area contributed by atoms with Crippen molar-refractivity contribution in [3.63, 3.8) is 0 Å². The normalized spacial score (nSPS) is 27.2. The summed E-state index contributed by atoms with van der Waals surface area (Å²) in [6.07, 6.45) is 6.89. The second-order valence-electron chi connectivity index (χ2n) is 5.97. The number of aliphatic hydroxyl groups is 1. The standard InChI is InChI=1S/C16H22ClNO/c17-15-6-5-14(11-19)16(9-15)18-8-7-12-3-1-2-4-13(12)10-18/h5-6,9,12-13,19H,1-4,7-8,10-11H2. The predicted octanol–water partition coefficient (Wildman–Crippen LogP) is 3.85. The van der Waals surface area contributed by atoms with E-state index >= 15 is 0 Å². The van der Waals surface area contributed by atoms with Crippen LogP contribution in [0.5, 0.6) is 0 Å². The summed E-state index contributed by atoms with van der Waals surface area (Å²) in [4.78, 5) is 2.43. The molecular formula is C16H22ClNO. The van der Waals surface area contributed by atoms with Gasteiger partial charge in [-0.2, -0.15) is 0 Å². The largest absolute Gasteiger partial charge is 0.392 e. The number of piperidine rings is 1. The fraction of sp³-hybridized carbons (Fsp3) is 0.625. The SMILES string of the molecule is OCc1ccc(Cl)cc1N1CCC2CCCCC2C1. The second-order valence-corrected chi connectivity index (χ2v) is 6.41. The van der Waals surface area contributed by atoms with E-state index in [2.05, 4.69) is 4.90 Å². The van der Waals surface area contributed by atoms with Crippen molar-refractivity contribution in [2.24, 2.45) is 11.8 Å². The lowest BCUT2D eigenvalue weighted by atomic mass is 9.75. The zero-order valence-corrected chi connectivity index (χ0v) is 12.1. The highest BCUT2D eigenvalue weighted by molar-refractivity contribution is 6.30. The van der Waals surface area contributed by atoms with Crippen LogP contribution in [0.3, 0.4) is 0 Å². The second kappa shape index (κ2) is 5.72. The molecule has 2 atom stereocenters. The molecule has 0 radical (unpaired) electrons. The summed E-state index contributed by atoms with van der Waals surface area (Å²) in [5.41, 5.74) is 2.14. The quantitative estimate of drug-likeness (QED) is 0.889. The first-order valence-electron chi connectivity index (χ1n) is 7.42. The smallest absolute Gasteiger partial charge is 0.0702 e. The van der Waals surface area contributed by atoms with Gasteiger partial charge in [-0.05, 0) is 36.8 Å². The first kappa shape index (κ1) is 13.3. The molecule has 0 spiro atoms. The zero-order valence-electron chi connectivity index (χ0n) is 11.3. The van der Waals surface area contributed by atoms with E-state index in [-0.39, 0.29) is 6.61 Å². The Labute approximate surface area is 120 Å². The van der Waals surface area contributed by atoms with Crippen molar-refractivity contribution in [3.8, 4) is 0 Å². The minimum absolute atomic E-state index is 0.0943. The zero-order chi connectivity index (χ0) is 13.2. The first-order chi connectivity index (χ1) is 9.28. The summed E-state index contributed by atoms with van der Waals surface area (Å²) in [6, 6.07) is 5.82. The van der Waals surface area contributed by atoms with E-state index in [9.17, 15) is 5.11 Å². The number of halogens is 1. The molecule has 1 aliphatic carbocycles. The molecule has 1 aromatic carbocycles. The van der Waals surface area contributed by atoms with Crippen LogP contribution in [0.25, 0.3) is 0 Å². The summed E-state index contributed by atoms with van der Waals surface area (Å²) < 4.78 is 0. The summed E-state index contributed by atoms with van der Waals surface area (Å²) in [5, 5.41) is 10.3. The number of hydrogen-bond acceptors (Lipinski definition) is 2. The van der Waals surface area contributed by atoms with Crippen molar-refractivity contribution in [2.45, 2.75) is 38.7 Å². The number of rotatable bonds is 2. The van der Waals surface area contributed by atoms with Crippen LogP contribution >= 0.6 is 11.6 Å². The molecule has 1 saturated heterocycles. The Bertz CT molecular complexity index is 448. The number of nitrogens with zero attached hydrogens (tertiary/aromatic N) is 1. The lowest BCUT2D eigenvalue weighted by Gasteiger charge is -2.42. The van der Waals surface area contributed by atoms with Crippen molar-refractivity contribution < 1.29 is 5.11 Å². The molecular weight excluding hydrogens is 258 g/mol. The molecule has 3 rings (SSSR count). The molecule has 2 fully saturated rings. The van der Waals surface area contributed by atoms with Gasteiger partial charge in [0.2, 0.25) is 0 Å². The fourth-order valence-electron chi connectivity index (χ4n) is 3.78. The molecule has 1 aliphatic heterocycles. The van der Waals surface area contributed by atoms with Gasteiger partial charge in [-0.15, -0.1) is 0 Å². The van der Waals surface area contributed by atoms with Crippen LogP contribution in [0.1, 0.15) is 37.7 Å². The molecule has 0 amide bonds. The van der Waals surface area contributed by atoms with E-state index in [0.717, 1.165) is 41.2 Å². The molecule has 1 saturated carbocycles. The highest BCUT2D eigenvalue weighted by Crippen LogP contribution is 2.38. The van der Waals surface area contributed by atoms with Crippen LogP contribution in [0.15, 0.2) is 18.2 Å². The number of fused-ring (bicyclic) bond motifs is 1. The van der Waals surface area contributed by atoms with Crippen LogP contribution in [0.2, 0.25) is 5.02 Å². The minimum atomic E-state index is 0.0943. The molecule has 1 aromatic rings. The fourth-order valence-corrected chi connectivity index (χ4v) is 3.95. The molecule has 2 nitrogen and oxygen atoms in total. The van der Waals surface area contributed by atoms with Crippen molar-refractivity contribution in [2.75, 3.05) is 18.0 Å². The third kappa shape index (κ3) is 2.75. The van der Waals surface area contributed by atoms with Crippen molar-refractivity contribution in [1.82, 2.24) is 0 Å². The monoisotopic (exact) mass is 279 g/mol. The molecule has 0 bridgehead atoms. The lowest BCUT2D eigenvalue weighted by molar-refractivity contribution is 0.202. The van der Waals surface area contributed by atoms with Gasteiger partial charge in [0.05, 0.1) is 6.61 Å². The van der Waals surface area contributed by atoms with E-state index in [0.29, 0.717) is 0 Å². The van der Waals surface area contributed by atoms with Crippen LogP contribution < -0.4 is 4.90 Å². The van der Waals surface area contributed by atoms with E-state index in [1.165, 1.54) is 32.1 Å². The van der Waals surface area contributed by atoms with Gasteiger partial charge in [0.25, 0.3) is 0 Å². The van der Waals surface area contributed by atoms with Gasteiger partial charge in [-0.25, -0.2) is 0 Å². The van der Waals surface area contributed by atoms with Crippen molar-refractivity contribution in [1.29, 1.82) is 0 Å². The van der Waals surface area contributed by atoms with Crippen molar-refractivity contribution in [3.05, 3.63) is 28.8 Å². The van der Waals surface area contributed by atoms with Gasteiger partial charge < -0.3 is 10.0 Å². The third-order valence-electron chi connectivity index (χ3n) is 4.85. The average molecular weight is 280 g/mol. The number of hydrogen-bond donors (Lipinski definition) is 1. The maximum atomic E-state index is 9.50. The number of benzene rings is 1. The summed E-state index contributed by atoms with van der Waals surface area (Å²) in [5.74, 6) is 1.77. The van der Waals surface area contributed by atoms with Gasteiger partial charge in [-0.1, -0.05) is 36.9 Å². The minimum Gasteiger partial charge on any atom is -0.392 e. The van der Waals surface area contributed by atoms with Gasteiger partial charge in [0.1, 0.15) is 0 Å². The maximum absolute atomic E-state index is 9.50. The highest BCUT2D eigenvalue weighted by atomic mass is 35.5. The molecule has 1 heterocycles. The van der Waals surface area contributed by atoms with E-state index in [1.54, 1.807) is 0 Å². The maximum Gasteiger partial charge on any atom is 0.0702 e. The van der Waals surface area contributed by atoms with Crippen LogP contribution in [0, 0.1) is 11.8 Å². The Hall–Kier alpha value is -0.730. The van der Waals surface area contributed by atoms with E-state index < -0.39 is 0 Å². The topological polar surface area (TPSA) is 23.5 Å². The van der Waals surface area contributed by atoms with Crippen LogP contribution in [-0.4, -0.2) is 18.2 Å². The molecule has 2 aliphatic rings. The molecule has 0 aromatic heterocycles. The Balaban J connectivity index is 1.80.